The number of carbonyl (C=O) groups excluding carboxylic acids is 1. The van der Waals surface area contributed by atoms with Crippen LogP contribution in [0.25, 0.3) is 0 Å². The predicted octanol–water partition coefficient (Wildman–Crippen LogP) is 5.53. The van der Waals surface area contributed by atoms with Crippen molar-refractivity contribution in [3.05, 3.63) is 58.7 Å². The highest BCUT2D eigenvalue weighted by molar-refractivity contribution is 7.48. The SMILES string of the molecule is CCC(CC)(Pc1ccccc1C(C)=O)c1cc(C)cc(C)c1OC. The first-order chi connectivity index (χ1) is 11.9. The molecule has 1 unspecified atom stereocenters. The van der Waals surface area contributed by atoms with Crippen LogP contribution in [-0.2, 0) is 5.16 Å². The number of benzene rings is 2. The second kappa shape index (κ2) is 8.15. The van der Waals surface area contributed by atoms with Crippen LogP contribution in [0.3, 0.4) is 0 Å². The molecule has 3 heteroatoms. The summed E-state index contributed by atoms with van der Waals surface area (Å²) >= 11 is 0. The summed E-state index contributed by atoms with van der Waals surface area (Å²) in [6.07, 6.45) is 2.01. The summed E-state index contributed by atoms with van der Waals surface area (Å²) in [6.45, 7) is 10.4. The molecule has 2 aromatic rings. The van der Waals surface area contributed by atoms with E-state index < -0.39 is 0 Å². The van der Waals surface area contributed by atoms with Gasteiger partial charge in [0.2, 0.25) is 0 Å². The number of ether oxygens (including phenoxy) is 1. The smallest absolute Gasteiger partial charge is 0.160 e. The van der Waals surface area contributed by atoms with Crippen molar-refractivity contribution in [3.63, 3.8) is 0 Å². The zero-order valence-electron chi connectivity index (χ0n) is 16.2. The largest absolute Gasteiger partial charge is 0.496 e. The third-order valence-electron chi connectivity index (χ3n) is 5.03. The molecule has 0 saturated heterocycles. The van der Waals surface area contributed by atoms with E-state index in [9.17, 15) is 4.79 Å². The van der Waals surface area contributed by atoms with Crippen LogP contribution < -0.4 is 10.0 Å². The molecule has 2 nitrogen and oxygen atoms in total. The molecule has 2 rings (SSSR count). The normalized spacial score (nSPS) is 11.9. The maximum Gasteiger partial charge on any atom is 0.160 e. The Morgan fingerprint density at radius 2 is 1.76 bits per heavy atom. The van der Waals surface area contributed by atoms with Crippen molar-refractivity contribution >= 4 is 19.7 Å². The van der Waals surface area contributed by atoms with E-state index in [-0.39, 0.29) is 10.9 Å². The van der Waals surface area contributed by atoms with Crippen LogP contribution in [0.1, 0.15) is 60.7 Å². The highest BCUT2D eigenvalue weighted by Gasteiger charge is 2.33. The van der Waals surface area contributed by atoms with Crippen molar-refractivity contribution in [2.24, 2.45) is 0 Å². The quantitative estimate of drug-likeness (QED) is 0.481. The van der Waals surface area contributed by atoms with E-state index >= 15 is 0 Å². The Morgan fingerprint density at radius 3 is 2.32 bits per heavy atom. The molecule has 0 spiro atoms. The molecule has 0 bridgehead atoms. The van der Waals surface area contributed by atoms with Gasteiger partial charge in [0.1, 0.15) is 5.75 Å². The zero-order valence-corrected chi connectivity index (χ0v) is 17.2. The van der Waals surface area contributed by atoms with Gasteiger partial charge in [-0.05, 0) is 44.5 Å². The third-order valence-corrected chi connectivity index (χ3v) is 7.19. The highest BCUT2D eigenvalue weighted by Crippen LogP contribution is 2.51. The number of Topliss-reactive ketones (excluding diaryl/α,β-unsaturated/α-hetero) is 1. The summed E-state index contributed by atoms with van der Waals surface area (Å²) in [7, 11) is 2.28. The Bertz CT molecular complexity index is 761. The fourth-order valence-electron chi connectivity index (χ4n) is 3.61. The molecule has 0 fully saturated rings. The Hall–Kier alpha value is -1.66. The van der Waals surface area contributed by atoms with Crippen molar-refractivity contribution in [3.8, 4) is 5.75 Å². The van der Waals surface area contributed by atoms with Crippen LogP contribution in [0.5, 0.6) is 5.75 Å². The standard InChI is InChI=1S/C22H29O2P/c1-7-22(8-2,19-14-15(3)13-16(4)21(19)24-6)25-20-12-10-9-11-18(20)17(5)23/h9-14,25H,7-8H2,1-6H3. The van der Waals surface area contributed by atoms with Gasteiger partial charge < -0.3 is 4.74 Å². The fraction of sp³-hybridized carbons (Fsp3) is 0.409. The van der Waals surface area contributed by atoms with Crippen LogP contribution in [0.2, 0.25) is 0 Å². The van der Waals surface area contributed by atoms with Crippen LogP contribution in [0.15, 0.2) is 36.4 Å². The molecule has 0 saturated carbocycles. The molecule has 0 amide bonds. The molecule has 0 radical (unpaired) electrons. The minimum absolute atomic E-state index is 0.0202. The number of methoxy groups -OCH3 is 1. The van der Waals surface area contributed by atoms with Crippen molar-refractivity contribution in [2.45, 2.75) is 52.6 Å². The number of carbonyl (C=O) groups is 1. The number of aryl methyl sites for hydroxylation is 2. The third kappa shape index (κ3) is 3.96. The molecular formula is C22H29O2P. The zero-order chi connectivity index (χ0) is 18.6. The van der Waals surface area contributed by atoms with Gasteiger partial charge in [0.25, 0.3) is 0 Å². The van der Waals surface area contributed by atoms with Gasteiger partial charge in [-0.25, -0.2) is 0 Å². The summed E-state index contributed by atoms with van der Waals surface area (Å²) in [5.74, 6) is 1.12. The molecule has 25 heavy (non-hydrogen) atoms. The first-order valence-electron chi connectivity index (χ1n) is 8.92. The lowest BCUT2D eigenvalue weighted by Gasteiger charge is -2.35. The summed E-state index contributed by atoms with van der Waals surface area (Å²) in [4.78, 5) is 12.1. The van der Waals surface area contributed by atoms with Crippen molar-refractivity contribution in [2.75, 3.05) is 7.11 Å². The molecule has 1 atom stereocenters. The number of rotatable bonds is 7. The van der Waals surface area contributed by atoms with Crippen LogP contribution in [0, 0.1) is 13.8 Å². The number of hydrogen-bond donors (Lipinski definition) is 0. The van der Waals surface area contributed by atoms with Gasteiger partial charge in [-0.3, -0.25) is 4.79 Å². The molecule has 0 aromatic heterocycles. The van der Waals surface area contributed by atoms with Crippen molar-refractivity contribution in [1.29, 1.82) is 0 Å². The van der Waals surface area contributed by atoms with Gasteiger partial charge in [-0.15, -0.1) is 0 Å². The molecule has 134 valence electrons. The van der Waals surface area contributed by atoms with Gasteiger partial charge in [0, 0.05) is 16.3 Å². The summed E-state index contributed by atoms with van der Waals surface area (Å²) in [6, 6.07) is 12.5. The van der Waals surface area contributed by atoms with Crippen molar-refractivity contribution in [1.82, 2.24) is 0 Å². The lowest BCUT2D eigenvalue weighted by atomic mass is 9.89. The number of hydrogen-bond acceptors (Lipinski definition) is 2. The van der Waals surface area contributed by atoms with E-state index in [1.54, 1.807) is 14.0 Å². The Balaban J connectivity index is 2.63. The number of ketones is 1. The first kappa shape index (κ1) is 19.7. The van der Waals surface area contributed by atoms with Crippen LogP contribution >= 0.6 is 8.58 Å². The van der Waals surface area contributed by atoms with Gasteiger partial charge in [0.15, 0.2) is 5.78 Å². The van der Waals surface area contributed by atoms with E-state index in [1.807, 2.05) is 18.2 Å². The Labute approximate surface area is 153 Å². The minimum atomic E-state index is -0.0202. The Kier molecular flexibility index (Phi) is 6.41. The maximum absolute atomic E-state index is 12.1. The molecule has 0 heterocycles. The summed E-state index contributed by atoms with van der Waals surface area (Å²) < 4.78 is 5.79. The van der Waals surface area contributed by atoms with Gasteiger partial charge in [0.05, 0.1) is 7.11 Å². The average molecular weight is 356 g/mol. The molecule has 0 aliphatic carbocycles. The van der Waals surface area contributed by atoms with Gasteiger partial charge in [-0.1, -0.05) is 64.4 Å². The second-order valence-corrected chi connectivity index (χ2v) is 8.42. The fourth-order valence-corrected chi connectivity index (χ4v) is 5.38. The molecule has 0 aliphatic rings. The van der Waals surface area contributed by atoms with Gasteiger partial charge in [-0.2, -0.15) is 0 Å². The van der Waals surface area contributed by atoms with Crippen molar-refractivity contribution < 1.29 is 9.53 Å². The lowest BCUT2D eigenvalue weighted by molar-refractivity contribution is 0.101. The molecule has 0 N–H and O–H groups in total. The minimum Gasteiger partial charge on any atom is -0.496 e. The second-order valence-electron chi connectivity index (χ2n) is 6.68. The van der Waals surface area contributed by atoms with Crippen LogP contribution in [0.4, 0.5) is 0 Å². The molecule has 0 aliphatic heterocycles. The Morgan fingerprint density at radius 1 is 1.12 bits per heavy atom. The maximum atomic E-state index is 12.1. The molecular weight excluding hydrogens is 327 g/mol. The monoisotopic (exact) mass is 356 g/mol. The van der Waals surface area contributed by atoms with Gasteiger partial charge >= 0.3 is 0 Å². The molecule has 2 aromatic carbocycles. The predicted molar refractivity (Wildman–Crippen MR) is 109 cm³/mol. The van der Waals surface area contributed by atoms with E-state index in [0.717, 1.165) is 29.5 Å². The van der Waals surface area contributed by atoms with E-state index in [1.165, 1.54) is 16.7 Å². The van der Waals surface area contributed by atoms with E-state index in [4.69, 9.17) is 4.74 Å². The highest BCUT2D eigenvalue weighted by atomic mass is 31.1. The lowest BCUT2D eigenvalue weighted by Crippen LogP contribution is -2.25. The topological polar surface area (TPSA) is 26.3 Å². The van der Waals surface area contributed by atoms with E-state index in [2.05, 4.69) is 45.9 Å². The first-order valence-corrected chi connectivity index (χ1v) is 9.92. The summed E-state index contributed by atoms with van der Waals surface area (Å²) in [5.41, 5.74) is 4.54. The summed E-state index contributed by atoms with van der Waals surface area (Å²) in [5, 5.41) is 1.13. The van der Waals surface area contributed by atoms with E-state index in [0.29, 0.717) is 8.58 Å². The average Bonchev–Trinajstić information content (AvgIpc) is 2.59. The van der Waals surface area contributed by atoms with Crippen LogP contribution in [-0.4, -0.2) is 12.9 Å².